The lowest BCUT2D eigenvalue weighted by molar-refractivity contribution is -0.140. The molecule has 13 heterocycles. The van der Waals surface area contributed by atoms with Crippen LogP contribution >= 0.6 is 0 Å². The van der Waals surface area contributed by atoms with E-state index in [9.17, 15) is 47.9 Å². The molecule has 13 saturated heterocycles. The lowest BCUT2D eigenvalue weighted by Crippen LogP contribution is -2.51. The van der Waals surface area contributed by atoms with Crippen LogP contribution < -0.4 is 38.0 Å². The van der Waals surface area contributed by atoms with Gasteiger partial charge in [0.1, 0.15) is 30.2 Å². The molecule has 13 rings (SSSR count). The highest BCUT2D eigenvalue weighted by atomic mass is 16.7. The number of carbonyl (C=O) groups is 10. The molecule has 0 saturated carbocycles. The van der Waals surface area contributed by atoms with Crippen molar-refractivity contribution in [2.75, 3.05) is 148 Å². The SMILES string of the molecule is C.CCCCCONC(=O)[C@@H]1CC[C@@H]2CN1C(=O)N2C.CN1C(=O)N2C[C@H]1CC[C@H]2C(=O)NOC[C@@H]1CCN1.CN1CCC[C@@H](CONC(=O)[C@@H]2CC[C@@H]3CN2C(=O)N3C)C1.CN1CCC[C@@H]1CONC(=O)[C@@H]1CC[C@@H]2CN1C(=O)N2C.CN[C@H](C)CONC(=O)[C@@H]1CC[C@@H]2CN1C(=O)N2C. The van der Waals surface area contributed by atoms with Gasteiger partial charge in [-0.25, -0.2) is 51.4 Å². The van der Waals surface area contributed by atoms with Crippen LogP contribution in [0.25, 0.3) is 0 Å². The fourth-order valence-corrected chi connectivity index (χ4v) is 15.5. The van der Waals surface area contributed by atoms with Crippen LogP contribution in [0, 0.1) is 5.92 Å². The minimum atomic E-state index is -0.404. The van der Waals surface area contributed by atoms with Crippen molar-refractivity contribution in [1.82, 2.24) is 96.8 Å². The summed E-state index contributed by atoms with van der Waals surface area (Å²) in [6.07, 6.45) is 16.7. The minimum Gasteiger partial charge on any atom is -0.323 e. The first-order valence-electron chi connectivity index (χ1n) is 36.5. The summed E-state index contributed by atoms with van der Waals surface area (Å²) in [6, 6.07) is -0.0192. The largest absolute Gasteiger partial charge is 0.323 e. The van der Waals surface area contributed by atoms with E-state index in [1.807, 2.05) is 21.0 Å². The molecule has 0 aromatic carbocycles. The quantitative estimate of drug-likeness (QED) is 0.0552. The number of rotatable bonds is 23. The number of amides is 15. The first-order chi connectivity index (χ1) is 48.0. The Kier molecular flexibility index (Phi) is 29.9. The van der Waals surface area contributed by atoms with E-state index in [2.05, 4.69) is 68.9 Å². The van der Waals surface area contributed by atoms with Gasteiger partial charge in [0.05, 0.1) is 63.2 Å². The van der Waals surface area contributed by atoms with E-state index in [0.29, 0.717) is 116 Å². The smallest absolute Gasteiger partial charge is 0.320 e. The summed E-state index contributed by atoms with van der Waals surface area (Å²) in [5.74, 6) is -0.552. The zero-order chi connectivity index (χ0) is 71.9. The number of hydrogen-bond donors (Lipinski definition) is 7. The molecule has 13 fully saturated rings. The number of hydrogen-bond acceptors (Lipinski definition) is 19. The summed E-state index contributed by atoms with van der Waals surface area (Å²) >= 11 is 0. The van der Waals surface area contributed by atoms with Crippen molar-refractivity contribution in [2.45, 2.75) is 215 Å². The number of nitrogens with one attached hydrogen (secondary N) is 7. The van der Waals surface area contributed by atoms with E-state index >= 15 is 0 Å². The molecule has 0 unspecified atom stereocenters. The van der Waals surface area contributed by atoms with Gasteiger partial charge in [0.25, 0.3) is 29.5 Å². The first kappa shape index (κ1) is 80.0. The molecule has 34 nitrogen and oxygen atoms in total. The van der Waals surface area contributed by atoms with Crippen molar-refractivity contribution in [2.24, 2.45) is 5.92 Å². The second-order valence-corrected chi connectivity index (χ2v) is 29.3. The van der Waals surface area contributed by atoms with E-state index in [4.69, 9.17) is 24.2 Å². The topological polar surface area (TPSA) is 340 Å². The lowest BCUT2D eigenvalue weighted by Gasteiger charge is -2.31. The van der Waals surface area contributed by atoms with Gasteiger partial charge in [0.15, 0.2) is 0 Å². The molecule has 0 spiro atoms. The van der Waals surface area contributed by atoms with Gasteiger partial charge in [-0.05, 0) is 156 Å². The Balaban J connectivity index is 0.000000160. The highest BCUT2D eigenvalue weighted by Gasteiger charge is 2.50. The predicted octanol–water partition coefficient (Wildman–Crippen LogP) is 0.895. The van der Waals surface area contributed by atoms with Crippen LogP contribution in [0.3, 0.4) is 0 Å². The fourth-order valence-electron chi connectivity index (χ4n) is 15.5. The Morgan fingerprint density at radius 3 is 1.14 bits per heavy atom. The number of unbranched alkanes of at least 4 members (excludes halogenated alkanes) is 2. The molecule has 10 bridgehead atoms. The molecular weight excluding hydrogens is 1310 g/mol. The number of likely N-dealkylation sites (tertiary alicyclic amines) is 2. The minimum absolute atomic E-state index is 0. The standard InChI is InChI=1S/C15H26N4O3.C14H24N4O3.C13H23N3O3.C12H20N4O3.C12H22N4O3.CH4/c1-17-7-3-4-11(8-17)10-22-16-14(20)13-6-5-12-9-19(13)15(21)18(12)2;1-16-7-3-4-11(16)9-21-15-13(19)12-6-5-10-8-18(12)14(20)17(10)2;1-3-4-5-8-19-14-12(17)11-7-6-10-9-16(11)13(18)15(10)2;1-15-9-2-3-10(16(6-9)12(15)18)11(17)14-19-7-8-4-5-13-8;1-8(13-2)7-19-14-11(17)10-5-4-9-6-16(10)12(18)15(9)3;/h11-13H,3-10H2,1-2H3,(H,16,20);10-12H,3-9H2,1-2H3,(H,15,19);10-11H,3-9H2,1-2H3,(H,14,17);8-10,13H,2-7H2,1H3,(H,14,17);8-10,13H,4-7H2,1-3H3,(H,14,17);1H4/t11-,12-,13+;10-,11-,12+;10-,11+;8-,9+,10-;8-,9-,10+;/m11101./s1. The lowest BCUT2D eigenvalue weighted by atomic mass is 10.00. The number of urea groups is 5. The Labute approximate surface area is 596 Å². The van der Waals surface area contributed by atoms with Crippen LogP contribution in [-0.2, 0) is 48.2 Å². The summed E-state index contributed by atoms with van der Waals surface area (Å²) in [7, 11) is 15.0. The van der Waals surface area contributed by atoms with Crippen molar-refractivity contribution >= 4 is 59.7 Å². The van der Waals surface area contributed by atoms with E-state index in [1.54, 1.807) is 77.2 Å². The van der Waals surface area contributed by atoms with Crippen LogP contribution in [0.4, 0.5) is 24.0 Å². The molecule has 14 atom stereocenters. The summed E-state index contributed by atoms with van der Waals surface area (Å²) in [6.45, 7) is 14.0. The number of fused-ring (bicyclic) bond motifs is 10. The molecule has 572 valence electrons. The van der Waals surface area contributed by atoms with Gasteiger partial charge in [-0.15, -0.1) is 0 Å². The van der Waals surface area contributed by atoms with Crippen LogP contribution in [0.1, 0.15) is 137 Å². The average Bonchev–Trinajstić information content (AvgIpc) is 1.68. The third-order valence-corrected chi connectivity index (χ3v) is 22.5. The first-order valence-corrected chi connectivity index (χ1v) is 36.5. The highest BCUT2D eigenvalue weighted by Crippen LogP contribution is 2.33. The van der Waals surface area contributed by atoms with Gasteiger partial charge >= 0.3 is 30.2 Å². The Morgan fingerprint density at radius 2 is 0.802 bits per heavy atom. The number of hydroxylamine groups is 5. The molecule has 15 amide bonds. The van der Waals surface area contributed by atoms with Gasteiger partial charge in [0, 0.05) is 92.6 Å². The summed E-state index contributed by atoms with van der Waals surface area (Å²) in [5, 5.41) is 6.20. The van der Waals surface area contributed by atoms with Gasteiger partial charge in [-0.1, -0.05) is 27.2 Å². The maximum Gasteiger partial charge on any atom is 0.320 e. The van der Waals surface area contributed by atoms with E-state index in [1.165, 1.54) is 12.8 Å². The molecule has 7 N–H and O–H groups in total. The predicted molar refractivity (Wildman–Crippen MR) is 371 cm³/mol. The molecule has 0 aromatic heterocycles. The van der Waals surface area contributed by atoms with Gasteiger partial charge in [-0.2, -0.15) is 0 Å². The second-order valence-electron chi connectivity index (χ2n) is 29.3. The van der Waals surface area contributed by atoms with E-state index in [0.717, 1.165) is 96.8 Å². The molecule has 13 aliphatic rings. The van der Waals surface area contributed by atoms with E-state index in [-0.39, 0.29) is 128 Å². The molecule has 13 aliphatic heterocycles. The van der Waals surface area contributed by atoms with Gasteiger partial charge in [-0.3, -0.25) is 48.2 Å². The number of nitrogens with zero attached hydrogens (tertiary/aromatic N) is 12. The third kappa shape index (κ3) is 20.0. The zero-order valence-electron chi connectivity index (χ0n) is 60.7. The van der Waals surface area contributed by atoms with Gasteiger partial charge < -0.3 is 69.4 Å². The van der Waals surface area contributed by atoms with Crippen molar-refractivity contribution in [3.63, 3.8) is 0 Å². The van der Waals surface area contributed by atoms with Crippen molar-refractivity contribution in [3.8, 4) is 0 Å². The number of carbonyl (C=O) groups excluding carboxylic acids is 10. The molecule has 0 aliphatic carbocycles. The number of piperidine rings is 6. The van der Waals surface area contributed by atoms with Crippen LogP contribution in [0.5, 0.6) is 0 Å². The molecule has 0 radical (unpaired) electrons. The second kappa shape index (κ2) is 37.7. The van der Waals surface area contributed by atoms with Crippen LogP contribution in [-0.4, -0.2) is 345 Å². The average molecular weight is 1430 g/mol. The fraction of sp³-hybridized carbons (Fsp3) is 0.851. The summed E-state index contributed by atoms with van der Waals surface area (Å²) in [4.78, 5) is 168. The van der Waals surface area contributed by atoms with E-state index < -0.39 is 6.04 Å². The van der Waals surface area contributed by atoms with Crippen LogP contribution in [0.2, 0.25) is 0 Å². The molecule has 101 heavy (non-hydrogen) atoms. The van der Waals surface area contributed by atoms with Crippen LogP contribution in [0.15, 0.2) is 0 Å². The molecule has 0 aromatic rings. The van der Waals surface area contributed by atoms with Crippen molar-refractivity contribution in [3.05, 3.63) is 0 Å². The number of likely N-dealkylation sites (N-methyl/N-ethyl adjacent to an activating group) is 7. The van der Waals surface area contributed by atoms with Crippen molar-refractivity contribution in [1.29, 1.82) is 0 Å². The Morgan fingerprint density at radius 1 is 0.446 bits per heavy atom. The highest BCUT2D eigenvalue weighted by molar-refractivity contribution is 5.91. The van der Waals surface area contributed by atoms with Gasteiger partial charge in [0.2, 0.25) is 0 Å². The Hall–Kier alpha value is -6.66. The molecule has 34 heteroatoms. The summed E-state index contributed by atoms with van der Waals surface area (Å²) < 4.78 is 0. The summed E-state index contributed by atoms with van der Waals surface area (Å²) in [5.41, 5.74) is 12.5. The molecular formula is C67H119N19O15. The third-order valence-electron chi connectivity index (χ3n) is 22.5. The Bertz CT molecular complexity index is 2750. The monoisotopic (exact) mass is 1430 g/mol. The normalized spacial score (nSPS) is 30.2. The maximum atomic E-state index is 12.3. The zero-order valence-corrected chi connectivity index (χ0v) is 60.7. The maximum absolute atomic E-state index is 12.3. The van der Waals surface area contributed by atoms with Crippen molar-refractivity contribution < 1.29 is 72.1 Å².